The zero-order chi connectivity index (χ0) is 25.3. The van der Waals surface area contributed by atoms with Crippen molar-refractivity contribution in [3.8, 4) is 5.75 Å². The van der Waals surface area contributed by atoms with Crippen molar-refractivity contribution in [1.82, 2.24) is 10.6 Å². The van der Waals surface area contributed by atoms with Crippen LogP contribution in [0.3, 0.4) is 0 Å². The van der Waals surface area contributed by atoms with Gasteiger partial charge in [-0.05, 0) is 50.5 Å². The number of hydrogen-bond donors (Lipinski definition) is 2. The van der Waals surface area contributed by atoms with Crippen LogP contribution in [0.5, 0.6) is 5.75 Å². The van der Waals surface area contributed by atoms with E-state index in [9.17, 15) is 14.4 Å². The van der Waals surface area contributed by atoms with Crippen LogP contribution in [-0.4, -0.2) is 42.5 Å². The van der Waals surface area contributed by atoms with Gasteiger partial charge in [-0.25, -0.2) is 0 Å². The second kappa shape index (κ2) is 10.1. The van der Waals surface area contributed by atoms with Crippen LogP contribution < -0.4 is 20.3 Å². The Bertz CT molecular complexity index is 1150. The van der Waals surface area contributed by atoms with Gasteiger partial charge in [0.05, 0.1) is 5.69 Å². The fourth-order valence-electron chi connectivity index (χ4n) is 4.08. The molecule has 0 radical (unpaired) electrons. The lowest BCUT2D eigenvalue weighted by Gasteiger charge is -2.29. The molecule has 35 heavy (non-hydrogen) atoms. The van der Waals surface area contributed by atoms with E-state index in [0.717, 1.165) is 18.4 Å². The van der Waals surface area contributed by atoms with Gasteiger partial charge in [0, 0.05) is 34.0 Å². The van der Waals surface area contributed by atoms with Crippen molar-refractivity contribution in [2.24, 2.45) is 5.41 Å². The van der Waals surface area contributed by atoms with E-state index in [-0.39, 0.29) is 30.9 Å². The molecule has 0 bridgehead atoms. The van der Waals surface area contributed by atoms with Crippen LogP contribution in [0.15, 0.2) is 42.5 Å². The normalized spacial score (nSPS) is 19.3. The summed E-state index contributed by atoms with van der Waals surface area (Å²) >= 11 is 12.5. The van der Waals surface area contributed by atoms with Crippen LogP contribution in [0.1, 0.15) is 39.2 Å². The first-order valence-corrected chi connectivity index (χ1v) is 12.4. The summed E-state index contributed by atoms with van der Waals surface area (Å²) in [6, 6.07) is 10.2. The maximum atomic E-state index is 13.5. The lowest BCUT2D eigenvalue weighted by Crippen LogP contribution is -2.57. The van der Waals surface area contributed by atoms with Gasteiger partial charge >= 0.3 is 0 Å². The number of halogens is 2. The maximum Gasteiger partial charge on any atom is 0.253 e. The van der Waals surface area contributed by atoms with Crippen LogP contribution in [0, 0.1) is 5.41 Å². The molecule has 7 nitrogen and oxygen atoms in total. The highest BCUT2D eigenvalue weighted by atomic mass is 35.5. The smallest absolute Gasteiger partial charge is 0.253 e. The summed E-state index contributed by atoms with van der Waals surface area (Å²) in [5, 5.41) is 6.68. The molecular formula is C26H29Cl2N3O4. The van der Waals surface area contributed by atoms with Gasteiger partial charge in [0.15, 0.2) is 0 Å². The van der Waals surface area contributed by atoms with Crippen molar-refractivity contribution >= 4 is 46.6 Å². The monoisotopic (exact) mass is 517 g/mol. The van der Waals surface area contributed by atoms with E-state index in [2.05, 4.69) is 10.6 Å². The SMILES string of the molecule is CC(C)N1C(=O)[C@H](NC(=O)[C@@H](Cc2ccccc2Cl)NC(=O)C2(C)CC2)COc2cc(Cl)ccc21. The Balaban J connectivity index is 1.57. The molecule has 9 heteroatoms. The quantitative estimate of drug-likeness (QED) is 0.577. The maximum absolute atomic E-state index is 13.5. The van der Waals surface area contributed by atoms with E-state index in [1.807, 2.05) is 32.9 Å². The van der Waals surface area contributed by atoms with Gasteiger partial charge < -0.3 is 20.3 Å². The number of carbonyl (C=O) groups excluding carboxylic acids is 3. The van der Waals surface area contributed by atoms with E-state index in [4.69, 9.17) is 27.9 Å². The predicted octanol–water partition coefficient (Wildman–Crippen LogP) is 4.14. The van der Waals surface area contributed by atoms with Crippen molar-refractivity contribution in [3.05, 3.63) is 58.1 Å². The third-order valence-electron chi connectivity index (χ3n) is 6.51. The van der Waals surface area contributed by atoms with Gasteiger partial charge in [-0.2, -0.15) is 0 Å². The van der Waals surface area contributed by atoms with E-state index in [1.165, 1.54) is 0 Å². The lowest BCUT2D eigenvalue weighted by molar-refractivity contribution is -0.133. The minimum absolute atomic E-state index is 0.0639. The summed E-state index contributed by atoms with van der Waals surface area (Å²) in [6.07, 6.45) is 1.75. The molecule has 0 spiro atoms. The number of fused-ring (bicyclic) bond motifs is 1. The molecule has 3 amide bonds. The Kier molecular flexibility index (Phi) is 7.29. The first-order valence-electron chi connectivity index (χ1n) is 11.7. The highest BCUT2D eigenvalue weighted by molar-refractivity contribution is 6.31. The van der Waals surface area contributed by atoms with Crippen LogP contribution in [0.25, 0.3) is 0 Å². The first kappa shape index (κ1) is 25.3. The average molecular weight is 518 g/mol. The van der Waals surface area contributed by atoms with Crippen molar-refractivity contribution in [2.45, 2.75) is 58.2 Å². The molecular weight excluding hydrogens is 489 g/mol. The third kappa shape index (κ3) is 5.57. The Hall–Kier alpha value is -2.77. The number of nitrogens with zero attached hydrogens (tertiary/aromatic N) is 1. The summed E-state index contributed by atoms with van der Waals surface area (Å²) in [6.45, 7) is 5.58. The summed E-state index contributed by atoms with van der Waals surface area (Å²) in [5.74, 6) is -0.485. The van der Waals surface area contributed by atoms with Gasteiger partial charge in [-0.1, -0.05) is 48.3 Å². The number of carbonyl (C=O) groups is 3. The van der Waals surface area contributed by atoms with Crippen LogP contribution in [0.4, 0.5) is 5.69 Å². The van der Waals surface area contributed by atoms with Gasteiger partial charge in [0.2, 0.25) is 11.8 Å². The highest BCUT2D eigenvalue weighted by Gasteiger charge is 2.46. The van der Waals surface area contributed by atoms with Gasteiger partial charge in [0.1, 0.15) is 24.4 Å². The molecule has 186 valence electrons. The van der Waals surface area contributed by atoms with Crippen molar-refractivity contribution in [2.75, 3.05) is 11.5 Å². The largest absolute Gasteiger partial charge is 0.489 e. The van der Waals surface area contributed by atoms with E-state index >= 15 is 0 Å². The molecule has 1 aliphatic heterocycles. The zero-order valence-electron chi connectivity index (χ0n) is 19.9. The highest BCUT2D eigenvalue weighted by Crippen LogP contribution is 2.45. The number of anilines is 1. The number of nitrogens with one attached hydrogen (secondary N) is 2. The van der Waals surface area contributed by atoms with Crippen molar-refractivity contribution in [1.29, 1.82) is 0 Å². The summed E-state index contributed by atoms with van der Waals surface area (Å²) in [5.41, 5.74) is 0.855. The number of ether oxygens (including phenoxy) is 1. The Morgan fingerprint density at radius 3 is 2.54 bits per heavy atom. The van der Waals surface area contributed by atoms with Crippen LogP contribution in [-0.2, 0) is 20.8 Å². The average Bonchev–Trinajstić information content (AvgIpc) is 3.58. The molecule has 1 heterocycles. The molecule has 1 fully saturated rings. The molecule has 4 rings (SSSR count). The zero-order valence-corrected chi connectivity index (χ0v) is 21.4. The number of hydrogen-bond acceptors (Lipinski definition) is 4. The summed E-state index contributed by atoms with van der Waals surface area (Å²) in [7, 11) is 0. The molecule has 1 aliphatic carbocycles. The molecule has 2 aromatic rings. The number of rotatable bonds is 7. The van der Waals surface area contributed by atoms with Gasteiger partial charge in [-0.3, -0.25) is 14.4 Å². The molecule has 0 saturated heterocycles. The Morgan fingerprint density at radius 2 is 1.89 bits per heavy atom. The molecule has 1 saturated carbocycles. The Labute approximate surface area is 215 Å². The molecule has 2 aliphatic rings. The van der Waals surface area contributed by atoms with Gasteiger partial charge in [-0.15, -0.1) is 0 Å². The third-order valence-corrected chi connectivity index (χ3v) is 7.11. The van der Waals surface area contributed by atoms with E-state index in [1.54, 1.807) is 35.2 Å². The fraction of sp³-hybridized carbons (Fsp3) is 0.423. The number of amides is 3. The standard InChI is InChI=1S/C26H29Cl2N3O4/c1-15(2)31-21-9-8-17(27)13-22(21)35-14-20(24(31)33)29-23(32)19(30-25(34)26(3)10-11-26)12-16-6-4-5-7-18(16)28/h4-9,13,15,19-20H,10-12,14H2,1-3H3,(H,29,32)(H,30,34)/t19-,20-/m1/s1. The minimum Gasteiger partial charge on any atom is -0.489 e. The minimum atomic E-state index is -0.946. The van der Waals surface area contributed by atoms with Crippen molar-refractivity contribution in [3.63, 3.8) is 0 Å². The van der Waals surface area contributed by atoms with Crippen LogP contribution in [0.2, 0.25) is 10.0 Å². The fourth-order valence-corrected chi connectivity index (χ4v) is 4.46. The second-order valence-electron chi connectivity index (χ2n) is 9.67. The van der Waals surface area contributed by atoms with Crippen LogP contribution >= 0.6 is 23.2 Å². The number of benzene rings is 2. The van der Waals surface area contributed by atoms with Gasteiger partial charge in [0.25, 0.3) is 5.91 Å². The molecule has 0 unspecified atom stereocenters. The van der Waals surface area contributed by atoms with Crippen molar-refractivity contribution < 1.29 is 19.1 Å². The first-order chi connectivity index (χ1) is 16.6. The molecule has 2 aromatic carbocycles. The van der Waals surface area contributed by atoms with E-state index in [0.29, 0.717) is 21.5 Å². The summed E-state index contributed by atoms with van der Waals surface area (Å²) in [4.78, 5) is 41.3. The molecule has 0 aromatic heterocycles. The topological polar surface area (TPSA) is 87.7 Å². The Morgan fingerprint density at radius 1 is 1.17 bits per heavy atom. The second-order valence-corrected chi connectivity index (χ2v) is 10.5. The molecule has 2 N–H and O–H groups in total. The van der Waals surface area contributed by atoms with E-state index < -0.39 is 23.4 Å². The lowest BCUT2D eigenvalue weighted by atomic mass is 10.0. The summed E-state index contributed by atoms with van der Waals surface area (Å²) < 4.78 is 5.89. The predicted molar refractivity (Wildman–Crippen MR) is 136 cm³/mol. The molecule has 2 atom stereocenters.